The summed E-state index contributed by atoms with van der Waals surface area (Å²) in [5.74, 6) is -0.344. The van der Waals surface area contributed by atoms with Crippen LogP contribution in [0.2, 0.25) is 0 Å². The average Bonchev–Trinajstić information content (AvgIpc) is 2.64. The highest BCUT2D eigenvalue weighted by atomic mass is 79.9. The summed E-state index contributed by atoms with van der Waals surface area (Å²) in [7, 11) is -3.70. The fourth-order valence-electron chi connectivity index (χ4n) is 3.38. The summed E-state index contributed by atoms with van der Waals surface area (Å²) in [6.45, 7) is 6.84. The van der Waals surface area contributed by atoms with Crippen molar-refractivity contribution in [2.75, 3.05) is 25.0 Å². The van der Waals surface area contributed by atoms with E-state index >= 15 is 0 Å². The maximum Gasteiger partial charge on any atom is 0.282 e. The molecule has 1 saturated heterocycles. The Kier molecular flexibility index (Phi) is 6.78. The predicted octanol–water partition coefficient (Wildman–Crippen LogP) is 3.77. The molecule has 0 radical (unpaired) electrons. The van der Waals surface area contributed by atoms with E-state index in [1.54, 1.807) is 6.07 Å². The van der Waals surface area contributed by atoms with E-state index in [9.17, 15) is 13.2 Å². The van der Waals surface area contributed by atoms with Crippen LogP contribution < -0.4 is 5.32 Å². The van der Waals surface area contributed by atoms with Gasteiger partial charge in [0.05, 0.1) is 6.54 Å². The molecule has 1 amide bonds. The first kappa shape index (κ1) is 22.0. The van der Waals surface area contributed by atoms with Crippen molar-refractivity contribution < 1.29 is 13.2 Å². The molecule has 3 rings (SSSR count). The Hall–Kier alpha value is -1.74. The van der Waals surface area contributed by atoms with Crippen molar-refractivity contribution in [3.63, 3.8) is 0 Å². The third-order valence-electron chi connectivity index (χ3n) is 5.08. The fourth-order valence-corrected chi connectivity index (χ4v) is 5.26. The van der Waals surface area contributed by atoms with Crippen molar-refractivity contribution in [1.82, 2.24) is 8.61 Å². The number of carbonyl (C=O) groups is 1. The summed E-state index contributed by atoms with van der Waals surface area (Å²) < 4.78 is 29.8. The first-order valence-electron chi connectivity index (χ1n) is 9.54. The Labute approximate surface area is 181 Å². The quantitative estimate of drug-likeness (QED) is 0.709. The lowest BCUT2D eigenvalue weighted by Gasteiger charge is -2.34. The van der Waals surface area contributed by atoms with E-state index in [2.05, 4.69) is 21.2 Å². The van der Waals surface area contributed by atoms with Crippen molar-refractivity contribution >= 4 is 37.7 Å². The topological polar surface area (TPSA) is 69.7 Å². The van der Waals surface area contributed by atoms with E-state index in [-0.39, 0.29) is 12.5 Å². The van der Waals surface area contributed by atoms with Crippen molar-refractivity contribution in [3.8, 4) is 0 Å². The highest BCUT2D eigenvalue weighted by Crippen LogP contribution is 2.23. The monoisotopic (exact) mass is 479 g/mol. The summed E-state index contributed by atoms with van der Waals surface area (Å²) in [5, 5.41) is 2.79. The van der Waals surface area contributed by atoms with Crippen LogP contribution in [0.25, 0.3) is 0 Å². The summed E-state index contributed by atoms with van der Waals surface area (Å²) in [4.78, 5) is 12.5. The van der Waals surface area contributed by atoms with E-state index in [1.165, 1.54) is 8.61 Å². The zero-order valence-corrected chi connectivity index (χ0v) is 19.3. The number of hydrogen-bond donors (Lipinski definition) is 1. The Balaban J connectivity index is 1.70. The maximum absolute atomic E-state index is 13.1. The molecular formula is C21H26BrN3O3S. The molecule has 0 atom stereocenters. The minimum absolute atomic E-state index is 0.194. The van der Waals surface area contributed by atoms with Crippen LogP contribution in [-0.4, -0.2) is 42.6 Å². The number of rotatable bonds is 5. The van der Waals surface area contributed by atoms with Crippen LogP contribution >= 0.6 is 15.9 Å². The van der Waals surface area contributed by atoms with E-state index in [4.69, 9.17) is 0 Å². The number of amides is 1. The number of aryl methyl sites for hydroxylation is 3. The van der Waals surface area contributed by atoms with Gasteiger partial charge in [0, 0.05) is 29.8 Å². The number of nitrogens with zero attached hydrogens (tertiary/aromatic N) is 2. The van der Waals surface area contributed by atoms with Gasteiger partial charge in [-0.05, 0) is 62.1 Å². The molecule has 1 fully saturated rings. The number of anilines is 1. The molecule has 1 N–H and O–H groups in total. The van der Waals surface area contributed by atoms with Crippen molar-refractivity contribution in [2.24, 2.45) is 0 Å². The van der Waals surface area contributed by atoms with E-state index in [0.717, 1.165) is 26.7 Å². The zero-order valence-electron chi connectivity index (χ0n) is 16.9. The Bertz CT molecular complexity index is 1020. The van der Waals surface area contributed by atoms with Crippen LogP contribution in [0.15, 0.2) is 40.9 Å². The van der Waals surface area contributed by atoms with Crippen molar-refractivity contribution in [1.29, 1.82) is 0 Å². The molecular weight excluding hydrogens is 454 g/mol. The third-order valence-corrected chi connectivity index (χ3v) is 7.90. The molecule has 1 heterocycles. The lowest BCUT2D eigenvalue weighted by atomic mass is 10.1. The van der Waals surface area contributed by atoms with Gasteiger partial charge in [0.1, 0.15) is 0 Å². The highest BCUT2D eigenvalue weighted by molar-refractivity contribution is 9.10. The van der Waals surface area contributed by atoms with Crippen molar-refractivity contribution in [3.05, 3.63) is 63.1 Å². The van der Waals surface area contributed by atoms with Crippen LogP contribution in [0.1, 0.15) is 28.7 Å². The molecule has 0 bridgehead atoms. The second-order valence-electron chi connectivity index (χ2n) is 7.47. The second-order valence-corrected chi connectivity index (χ2v) is 10.3. The first-order chi connectivity index (χ1) is 13.7. The first-order valence-corrected chi connectivity index (χ1v) is 11.7. The lowest BCUT2D eigenvalue weighted by Crippen LogP contribution is -2.51. The minimum Gasteiger partial charge on any atom is -0.325 e. The molecule has 8 heteroatoms. The van der Waals surface area contributed by atoms with E-state index < -0.39 is 10.2 Å². The van der Waals surface area contributed by atoms with E-state index in [0.29, 0.717) is 31.7 Å². The molecule has 1 aliphatic rings. The largest absolute Gasteiger partial charge is 0.325 e. The predicted molar refractivity (Wildman–Crippen MR) is 119 cm³/mol. The Morgan fingerprint density at radius 2 is 1.76 bits per heavy atom. The number of hydrogen-bond acceptors (Lipinski definition) is 3. The van der Waals surface area contributed by atoms with Gasteiger partial charge >= 0.3 is 0 Å². The van der Waals surface area contributed by atoms with Crippen molar-refractivity contribution in [2.45, 2.75) is 33.7 Å². The molecule has 2 aromatic carbocycles. The molecule has 0 saturated carbocycles. The molecule has 2 aromatic rings. The van der Waals surface area contributed by atoms with Gasteiger partial charge in [-0.3, -0.25) is 4.79 Å². The van der Waals surface area contributed by atoms with Gasteiger partial charge in [-0.2, -0.15) is 17.0 Å². The summed E-state index contributed by atoms with van der Waals surface area (Å²) in [5.41, 5.74) is 4.79. The summed E-state index contributed by atoms with van der Waals surface area (Å²) in [6.07, 6.45) is 0.689. The zero-order chi connectivity index (χ0) is 21.2. The van der Waals surface area contributed by atoms with Crippen LogP contribution in [-0.2, 0) is 21.5 Å². The van der Waals surface area contributed by atoms with Crippen LogP contribution in [0.4, 0.5) is 5.69 Å². The SMILES string of the molecule is Cc1ccc(C)c(CN2CCCN(CC(=O)Nc3ccc(Br)c(C)c3)S2(=O)=O)c1. The Morgan fingerprint density at radius 3 is 2.48 bits per heavy atom. The van der Waals surface area contributed by atoms with Crippen LogP contribution in [0, 0.1) is 20.8 Å². The van der Waals surface area contributed by atoms with Crippen LogP contribution in [0.3, 0.4) is 0 Å². The van der Waals surface area contributed by atoms with Gasteiger partial charge in [0.25, 0.3) is 10.2 Å². The van der Waals surface area contributed by atoms with Gasteiger partial charge in [0.2, 0.25) is 5.91 Å². The number of benzene rings is 2. The van der Waals surface area contributed by atoms with Gasteiger partial charge in [-0.15, -0.1) is 0 Å². The molecule has 0 aliphatic carbocycles. The second kappa shape index (κ2) is 8.95. The summed E-state index contributed by atoms with van der Waals surface area (Å²) in [6, 6.07) is 11.5. The molecule has 1 aliphatic heterocycles. The number of nitrogens with one attached hydrogen (secondary N) is 1. The summed E-state index contributed by atoms with van der Waals surface area (Å²) >= 11 is 3.43. The molecule has 6 nitrogen and oxygen atoms in total. The maximum atomic E-state index is 13.1. The van der Waals surface area contributed by atoms with Crippen LogP contribution in [0.5, 0.6) is 0 Å². The van der Waals surface area contributed by atoms with Gasteiger partial charge in [0.15, 0.2) is 0 Å². The molecule has 156 valence electrons. The third kappa shape index (κ3) is 5.25. The number of halogens is 1. The van der Waals surface area contributed by atoms with E-state index in [1.807, 2.05) is 51.1 Å². The normalized spacial score (nSPS) is 17.2. The Morgan fingerprint density at radius 1 is 1.03 bits per heavy atom. The fraction of sp³-hybridized carbons (Fsp3) is 0.381. The molecule has 0 spiro atoms. The van der Waals surface area contributed by atoms with Gasteiger partial charge in [-0.25, -0.2) is 0 Å². The molecule has 0 unspecified atom stereocenters. The molecule has 29 heavy (non-hydrogen) atoms. The standard InChI is InChI=1S/C21H26BrN3O3S/c1-15-5-6-16(2)18(11-15)13-24-9-4-10-25(29(24,27)28)14-21(26)23-19-7-8-20(22)17(3)12-19/h5-8,11-12H,4,9-10,13-14H2,1-3H3,(H,23,26). The molecule has 0 aromatic heterocycles. The van der Waals surface area contributed by atoms with Gasteiger partial charge < -0.3 is 5.32 Å². The highest BCUT2D eigenvalue weighted by Gasteiger charge is 2.34. The smallest absolute Gasteiger partial charge is 0.282 e. The average molecular weight is 480 g/mol. The lowest BCUT2D eigenvalue weighted by molar-refractivity contribution is -0.116. The van der Waals surface area contributed by atoms with Gasteiger partial charge in [-0.1, -0.05) is 39.7 Å². The number of carbonyl (C=O) groups excluding carboxylic acids is 1. The minimum atomic E-state index is -3.70.